The molecule has 2 aliphatic rings. The third kappa shape index (κ3) is 3.57. The maximum atomic E-state index is 13.5. The molecule has 0 unspecified atom stereocenters. The molecule has 10 nitrogen and oxygen atoms in total. The van der Waals surface area contributed by atoms with Gasteiger partial charge in [-0.3, -0.25) is 9.59 Å². The van der Waals surface area contributed by atoms with Crippen molar-refractivity contribution in [2.45, 2.75) is 32.6 Å². The largest absolute Gasteiger partial charge is 0.466 e. The van der Waals surface area contributed by atoms with Crippen LogP contribution in [0.2, 0.25) is 0 Å². The van der Waals surface area contributed by atoms with Crippen LogP contribution in [-0.4, -0.2) is 43.6 Å². The van der Waals surface area contributed by atoms with Crippen LogP contribution in [-0.2, 0) is 43.5 Å². The second kappa shape index (κ2) is 9.13. The first-order valence-corrected chi connectivity index (χ1v) is 10.1. The normalized spacial score (nSPS) is 19.3. The van der Waals surface area contributed by atoms with Crippen molar-refractivity contribution >= 4 is 29.5 Å². The summed E-state index contributed by atoms with van der Waals surface area (Å²) in [6.45, 7) is 4.84. The Labute approximate surface area is 184 Å². The summed E-state index contributed by atoms with van der Waals surface area (Å²) >= 11 is 0. The summed E-state index contributed by atoms with van der Waals surface area (Å²) in [5.41, 5.74) is 4.03. The monoisotopic (exact) mass is 444 g/mol. The van der Waals surface area contributed by atoms with E-state index in [4.69, 9.17) is 24.7 Å². The molecular formula is C22H24N2O8. The zero-order chi connectivity index (χ0) is 23.5. The maximum Gasteiger partial charge on any atom is 0.341 e. The number of hydrogen-bond acceptors (Lipinski definition) is 9. The second-order valence-electron chi connectivity index (χ2n) is 6.81. The van der Waals surface area contributed by atoms with E-state index in [0.29, 0.717) is 5.69 Å². The molecule has 170 valence electrons. The Kier molecular flexibility index (Phi) is 6.52. The van der Waals surface area contributed by atoms with Crippen molar-refractivity contribution in [3.05, 3.63) is 52.6 Å². The molecule has 3 rings (SSSR count). The molecule has 0 radical (unpaired) electrons. The highest BCUT2D eigenvalue weighted by atomic mass is 16.6. The molecule has 1 atom stereocenters. The van der Waals surface area contributed by atoms with Crippen molar-refractivity contribution in [1.82, 2.24) is 0 Å². The summed E-state index contributed by atoms with van der Waals surface area (Å²) < 4.78 is 20.9. The predicted molar refractivity (Wildman–Crippen MR) is 111 cm³/mol. The van der Waals surface area contributed by atoms with E-state index in [1.807, 2.05) is 0 Å². The Morgan fingerprint density at radius 3 is 2.19 bits per heavy atom. The highest BCUT2D eigenvalue weighted by Crippen LogP contribution is 2.52. The van der Waals surface area contributed by atoms with Gasteiger partial charge < -0.3 is 30.0 Å². The number of fused-ring (bicyclic) bond motifs is 2. The maximum absolute atomic E-state index is 13.5. The van der Waals surface area contributed by atoms with Crippen LogP contribution in [0.5, 0.6) is 0 Å². The lowest BCUT2D eigenvalue weighted by Gasteiger charge is -2.36. The van der Waals surface area contributed by atoms with Crippen LogP contribution in [0.3, 0.4) is 0 Å². The van der Waals surface area contributed by atoms with Crippen LogP contribution in [0.25, 0.3) is 0 Å². The molecule has 10 heteroatoms. The first kappa shape index (κ1) is 22.9. The number of amides is 1. The molecule has 2 aliphatic heterocycles. The third-order valence-corrected chi connectivity index (χ3v) is 5.00. The second-order valence-corrected chi connectivity index (χ2v) is 6.81. The number of anilines is 1. The molecule has 0 fully saturated rings. The Balaban J connectivity index is 2.37. The predicted octanol–water partition coefficient (Wildman–Crippen LogP) is 1.41. The van der Waals surface area contributed by atoms with Crippen molar-refractivity contribution in [2.24, 2.45) is 5.73 Å². The standard InChI is InChI=1S/C22H24N2O8/c1-4-29-15(25)11-14-16(19(26)30-5-2)22(17(18(23)32-14)20(27)31-6-3)12-9-7-8-10-13(12)24-21(22)28/h7-10H,4-6,11,23H2,1-3H3,(H,24,28)/t22-/m0/s1. The molecule has 0 saturated heterocycles. The number of esters is 3. The molecule has 1 aromatic rings. The van der Waals surface area contributed by atoms with Crippen LogP contribution in [0.15, 0.2) is 47.1 Å². The number of carbonyl (C=O) groups excluding carboxylic acids is 4. The first-order chi connectivity index (χ1) is 15.3. The Morgan fingerprint density at radius 1 is 0.969 bits per heavy atom. The van der Waals surface area contributed by atoms with E-state index < -0.39 is 41.5 Å². The summed E-state index contributed by atoms with van der Waals surface area (Å²) in [5.74, 6) is -4.00. The Morgan fingerprint density at radius 2 is 1.56 bits per heavy atom. The molecule has 32 heavy (non-hydrogen) atoms. The van der Waals surface area contributed by atoms with Crippen molar-refractivity contribution < 1.29 is 38.1 Å². The van der Waals surface area contributed by atoms with Crippen LogP contribution < -0.4 is 11.1 Å². The van der Waals surface area contributed by atoms with Crippen LogP contribution >= 0.6 is 0 Å². The van der Waals surface area contributed by atoms with E-state index >= 15 is 0 Å². The van der Waals surface area contributed by atoms with E-state index in [-0.39, 0.29) is 42.3 Å². The number of hydrogen-bond donors (Lipinski definition) is 2. The SMILES string of the molecule is CCOC(=O)CC1=C(C(=O)OCC)[C@]2(C(=O)Nc3ccccc32)C(C(=O)OCC)=C(N)O1. The fourth-order valence-electron chi connectivity index (χ4n) is 3.90. The van der Waals surface area contributed by atoms with Gasteiger partial charge in [-0.25, -0.2) is 9.59 Å². The number of benzene rings is 1. The van der Waals surface area contributed by atoms with Gasteiger partial charge in [0.1, 0.15) is 28.7 Å². The lowest BCUT2D eigenvalue weighted by atomic mass is 9.67. The van der Waals surface area contributed by atoms with Gasteiger partial charge in [-0.05, 0) is 26.8 Å². The number of carbonyl (C=O) groups is 4. The molecule has 0 aromatic heterocycles. The van der Waals surface area contributed by atoms with Gasteiger partial charge in [0.2, 0.25) is 11.8 Å². The Hall–Kier alpha value is -3.82. The van der Waals surface area contributed by atoms with Gasteiger partial charge in [0, 0.05) is 11.3 Å². The number of para-hydroxylation sites is 1. The van der Waals surface area contributed by atoms with Crippen molar-refractivity contribution in [3.63, 3.8) is 0 Å². The van der Waals surface area contributed by atoms with Gasteiger partial charge >= 0.3 is 17.9 Å². The van der Waals surface area contributed by atoms with E-state index in [9.17, 15) is 19.2 Å². The van der Waals surface area contributed by atoms with Crippen molar-refractivity contribution in [3.8, 4) is 0 Å². The molecule has 1 amide bonds. The molecule has 1 aromatic carbocycles. The summed E-state index contributed by atoms with van der Waals surface area (Å²) in [6, 6.07) is 6.52. The molecule has 0 saturated carbocycles. The summed E-state index contributed by atoms with van der Waals surface area (Å²) in [6.07, 6.45) is -0.504. The minimum Gasteiger partial charge on any atom is -0.466 e. The highest BCUT2D eigenvalue weighted by molar-refractivity contribution is 6.21. The fourth-order valence-corrected chi connectivity index (χ4v) is 3.90. The number of nitrogens with one attached hydrogen (secondary N) is 1. The average molecular weight is 444 g/mol. The smallest absolute Gasteiger partial charge is 0.341 e. The number of ether oxygens (including phenoxy) is 4. The fraction of sp³-hybridized carbons (Fsp3) is 0.364. The minimum atomic E-state index is -2.03. The van der Waals surface area contributed by atoms with Gasteiger partial charge in [-0.2, -0.15) is 0 Å². The summed E-state index contributed by atoms with van der Waals surface area (Å²) in [7, 11) is 0. The van der Waals surface area contributed by atoms with Crippen LogP contribution in [0, 0.1) is 0 Å². The van der Waals surface area contributed by atoms with Crippen LogP contribution in [0.4, 0.5) is 5.69 Å². The number of rotatable bonds is 7. The van der Waals surface area contributed by atoms with Gasteiger partial charge in [0.05, 0.1) is 19.8 Å². The summed E-state index contributed by atoms with van der Waals surface area (Å²) in [4.78, 5) is 52.0. The van der Waals surface area contributed by atoms with Crippen LogP contribution in [0.1, 0.15) is 32.8 Å². The summed E-state index contributed by atoms with van der Waals surface area (Å²) in [5, 5.41) is 2.68. The van der Waals surface area contributed by atoms with Gasteiger partial charge in [0.15, 0.2) is 0 Å². The third-order valence-electron chi connectivity index (χ3n) is 5.00. The zero-order valence-electron chi connectivity index (χ0n) is 18.0. The van der Waals surface area contributed by atoms with Crippen molar-refractivity contribution in [2.75, 3.05) is 25.1 Å². The van der Waals surface area contributed by atoms with Gasteiger partial charge in [0.25, 0.3) is 0 Å². The van der Waals surface area contributed by atoms with Crippen molar-refractivity contribution in [1.29, 1.82) is 0 Å². The lowest BCUT2D eigenvalue weighted by Crippen LogP contribution is -2.49. The van der Waals surface area contributed by atoms with E-state index in [0.717, 1.165) is 0 Å². The minimum absolute atomic E-state index is 0.0108. The number of nitrogens with two attached hydrogens (primary N) is 1. The average Bonchev–Trinajstić information content (AvgIpc) is 3.00. The molecule has 3 N–H and O–H groups in total. The first-order valence-electron chi connectivity index (χ1n) is 10.1. The zero-order valence-corrected chi connectivity index (χ0v) is 18.0. The Bertz CT molecular complexity index is 1040. The quantitative estimate of drug-likeness (QED) is 0.471. The van der Waals surface area contributed by atoms with E-state index in [2.05, 4.69) is 5.32 Å². The highest BCUT2D eigenvalue weighted by Gasteiger charge is 2.62. The molecular weight excluding hydrogens is 420 g/mol. The van der Waals surface area contributed by atoms with E-state index in [1.165, 1.54) is 0 Å². The van der Waals surface area contributed by atoms with Gasteiger partial charge in [-0.1, -0.05) is 18.2 Å². The molecule has 1 spiro atoms. The topological polar surface area (TPSA) is 143 Å². The molecule has 0 aliphatic carbocycles. The van der Waals surface area contributed by atoms with E-state index in [1.54, 1.807) is 45.0 Å². The molecule has 0 bridgehead atoms. The van der Waals surface area contributed by atoms with Gasteiger partial charge in [-0.15, -0.1) is 0 Å². The molecule has 2 heterocycles. The lowest BCUT2D eigenvalue weighted by molar-refractivity contribution is -0.143.